The molecule has 0 radical (unpaired) electrons. The molecule has 0 aliphatic rings. The van der Waals surface area contributed by atoms with Gasteiger partial charge in [0.2, 0.25) is 0 Å². The van der Waals surface area contributed by atoms with Crippen molar-refractivity contribution in [2.45, 2.75) is 0 Å². The number of hydrogen-bond acceptors (Lipinski definition) is 4. The number of ether oxygens (including phenoxy) is 1. The highest BCUT2D eigenvalue weighted by molar-refractivity contribution is 9.10. The van der Waals surface area contributed by atoms with Crippen molar-refractivity contribution < 1.29 is 18.8 Å². The molecule has 108 valence electrons. The Balaban J connectivity index is 2.13. The van der Waals surface area contributed by atoms with Crippen LogP contribution in [-0.2, 0) is 0 Å². The van der Waals surface area contributed by atoms with Gasteiger partial charge in [0, 0.05) is 10.0 Å². The van der Waals surface area contributed by atoms with Gasteiger partial charge in [0.05, 0.1) is 11.0 Å². The third kappa shape index (κ3) is 3.85. The molecular weight excluding hydrogens is 345 g/mol. The summed E-state index contributed by atoms with van der Waals surface area (Å²) in [4.78, 5) is 22.0. The fourth-order valence-electron chi connectivity index (χ4n) is 1.64. The van der Waals surface area contributed by atoms with E-state index in [4.69, 9.17) is 4.74 Å². The van der Waals surface area contributed by atoms with Crippen molar-refractivity contribution in [3.63, 3.8) is 0 Å². The molecule has 0 saturated carbocycles. The van der Waals surface area contributed by atoms with Crippen molar-refractivity contribution in [1.82, 2.24) is 0 Å². The van der Waals surface area contributed by atoms with E-state index in [0.29, 0.717) is 5.56 Å². The third-order valence-corrected chi connectivity index (χ3v) is 3.12. The van der Waals surface area contributed by atoms with E-state index in [1.165, 1.54) is 0 Å². The molecule has 0 aliphatic carbocycles. The molecule has 0 N–H and O–H groups in total. The van der Waals surface area contributed by atoms with Crippen LogP contribution in [0, 0.1) is 15.9 Å². The van der Waals surface area contributed by atoms with Crippen LogP contribution in [-0.4, -0.2) is 17.3 Å². The van der Waals surface area contributed by atoms with Gasteiger partial charge < -0.3 is 4.74 Å². The monoisotopic (exact) mass is 353 g/mol. The smallest absolute Gasteiger partial charge is 0.313 e. The van der Waals surface area contributed by atoms with Crippen molar-refractivity contribution in [2.75, 3.05) is 6.61 Å². The molecule has 0 aliphatic heterocycles. The van der Waals surface area contributed by atoms with Crippen molar-refractivity contribution in [3.05, 3.63) is 68.4 Å². The standard InChI is InChI=1S/C14H9BrFNO4/c15-10-3-1-2-9(6-10)13(18)8-21-14-5-4-11(16)7-12(14)17(19)20/h1-7H,8H2. The molecule has 0 saturated heterocycles. The van der Waals surface area contributed by atoms with Crippen LogP contribution in [0.3, 0.4) is 0 Å². The second-order valence-corrected chi connectivity index (χ2v) is 5.01. The minimum Gasteiger partial charge on any atom is -0.478 e. The predicted octanol–water partition coefficient (Wildman–Crippen LogP) is 3.76. The predicted molar refractivity (Wildman–Crippen MR) is 77.0 cm³/mol. The van der Waals surface area contributed by atoms with E-state index in [0.717, 1.165) is 22.7 Å². The molecule has 0 aromatic heterocycles. The van der Waals surface area contributed by atoms with Crippen molar-refractivity contribution in [2.24, 2.45) is 0 Å². The first-order valence-corrected chi connectivity index (χ1v) is 6.62. The summed E-state index contributed by atoms with van der Waals surface area (Å²) in [5.41, 5.74) is -0.105. The Morgan fingerprint density at radius 3 is 2.71 bits per heavy atom. The zero-order chi connectivity index (χ0) is 15.4. The fraction of sp³-hybridized carbons (Fsp3) is 0.0714. The number of nitro benzene ring substituents is 1. The Kier molecular flexibility index (Phi) is 4.64. The summed E-state index contributed by atoms with van der Waals surface area (Å²) in [7, 11) is 0. The number of nitro groups is 1. The van der Waals surface area contributed by atoms with Crippen LogP contribution >= 0.6 is 15.9 Å². The van der Waals surface area contributed by atoms with Gasteiger partial charge in [-0.1, -0.05) is 28.1 Å². The van der Waals surface area contributed by atoms with E-state index >= 15 is 0 Å². The van der Waals surface area contributed by atoms with E-state index in [2.05, 4.69) is 15.9 Å². The van der Waals surface area contributed by atoms with Crippen LogP contribution in [0.25, 0.3) is 0 Å². The molecule has 5 nitrogen and oxygen atoms in total. The summed E-state index contributed by atoms with van der Waals surface area (Å²) >= 11 is 3.24. The highest BCUT2D eigenvalue weighted by atomic mass is 79.9. The van der Waals surface area contributed by atoms with Gasteiger partial charge in [-0.05, 0) is 24.3 Å². The van der Waals surface area contributed by atoms with Gasteiger partial charge in [-0.15, -0.1) is 0 Å². The first-order chi connectivity index (χ1) is 9.97. The van der Waals surface area contributed by atoms with Crippen LogP contribution in [0.5, 0.6) is 5.75 Å². The molecule has 0 atom stereocenters. The number of ketones is 1. The SMILES string of the molecule is O=C(COc1ccc(F)cc1[N+](=O)[O-])c1cccc(Br)c1. The number of benzene rings is 2. The second kappa shape index (κ2) is 6.45. The average Bonchev–Trinajstić information content (AvgIpc) is 2.45. The molecule has 0 fully saturated rings. The number of nitrogens with zero attached hydrogens (tertiary/aromatic N) is 1. The average molecular weight is 354 g/mol. The first-order valence-electron chi connectivity index (χ1n) is 5.83. The van der Waals surface area contributed by atoms with Crippen molar-refractivity contribution in [1.29, 1.82) is 0 Å². The number of hydrogen-bond donors (Lipinski definition) is 0. The number of rotatable bonds is 5. The van der Waals surface area contributed by atoms with E-state index in [1.807, 2.05) is 0 Å². The van der Waals surface area contributed by atoms with E-state index in [-0.39, 0.29) is 18.1 Å². The molecule has 0 unspecified atom stereocenters. The number of Topliss-reactive ketones (excluding diaryl/α,β-unsaturated/α-hetero) is 1. The molecule has 0 heterocycles. The van der Waals surface area contributed by atoms with Gasteiger partial charge in [-0.25, -0.2) is 4.39 Å². The van der Waals surface area contributed by atoms with Crippen molar-refractivity contribution in [3.8, 4) is 5.75 Å². The summed E-state index contributed by atoms with van der Waals surface area (Å²) in [5.74, 6) is -1.23. The largest absolute Gasteiger partial charge is 0.478 e. The van der Waals surface area contributed by atoms with E-state index in [9.17, 15) is 19.3 Å². The fourth-order valence-corrected chi connectivity index (χ4v) is 2.04. The summed E-state index contributed by atoms with van der Waals surface area (Å²) < 4.78 is 18.9. The molecule has 2 aromatic rings. The summed E-state index contributed by atoms with van der Waals surface area (Å²) in [6.07, 6.45) is 0. The minimum absolute atomic E-state index is 0.148. The van der Waals surface area contributed by atoms with Crippen LogP contribution in [0.15, 0.2) is 46.9 Å². The van der Waals surface area contributed by atoms with Crippen LogP contribution in [0.4, 0.5) is 10.1 Å². The van der Waals surface area contributed by atoms with Gasteiger partial charge in [0.15, 0.2) is 18.1 Å². The van der Waals surface area contributed by atoms with Gasteiger partial charge >= 0.3 is 5.69 Å². The topological polar surface area (TPSA) is 69.4 Å². The lowest BCUT2D eigenvalue weighted by Crippen LogP contribution is -2.12. The molecule has 2 aromatic carbocycles. The number of halogens is 2. The zero-order valence-corrected chi connectivity index (χ0v) is 12.2. The van der Waals surface area contributed by atoms with Gasteiger partial charge in [0.1, 0.15) is 5.82 Å². The Labute approximate surface area is 127 Å². The molecule has 2 rings (SSSR count). The third-order valence-electron chi connectivity index (χ3n) is 2.62. The minimum atomic E-state index is -0.762. The maximum absolute atomic E-state index is 13.0. The van der Waals surface area contributed by atoms with E-state index in [1.54, 1.807) is 24.3 Å². The van der Waals surface area contributed by atoms with Gasteiger partial charge in [0.25, 0.3) is 0 Å². The van der Waals surface area contributed by atoms with Gasteiger partial charge in [-0.2, -0.15) is 0 Å². The molecule has 0 amide bonds. The first kappa shape index (κ1) is 15.1. The molecule has 21 heavy (non-hydrogen) atoms. The summed E-state index contributed by atoms with van der Waals surface area (Å²) in [5, 5.41) is 10.8. The Morgan fingerprint density at radius 2 is 2.05 bits per heavy atom. The zero-order valence-electron chi connectivity index (χ0n) is 10.6. The van der Waals surface area contributed by atoms with Crippen LogP contribution in [0.2, 0.25) is 0 Å². The van der Waals surface area contributed by atoms with E-state index < -0.39 is 16.4 Å². The Hall–Kier alpha value is -2.28. The molecular formula is C14H9BrFNO4. The highest BCUT2D eigenvalue weighted by Crippen LogP contribution is 2.27. The van der Waals surface area contributed by atoms with Crippen LogP contribution < -0.4 is 4.74 Å². The summed E-state index contributed by atoms with van der Waals surface area (Å²) in [6, 6.07) is 9.59. The second-order valence-electron chi connectivity index (χ2n) is 4.09. The lowest BCUT2D eigenvalue weighted by molar-refractivity contribution is -0.386. The highest BCUT2D eigenvalue weighted by Gasteiger charge is 2.17. The number of carbonyl (C=O) groups excluding carboxylic acids is 1. The Bertz CT molecular complexity index is 705. The maximum Gasteiger partial charge on any atom is 0.313 e. The van der Waals surface area contributed by atoms with Crippen molar-refractivity contribution >= 4 is 27.4 Å². The van der Waals surface area contributed by atoms with Crippen LogP contribution in [0.1, 0.15) is 10.4 Å². The molecule has 0 spiro atoms. The normalized spacial score (nSPS) is 10.2. The number of carbonyl (C=O) groups is 1. The Morgan fingerprint density at radius 1 is 1.29 bits per heavy atom. The summed E-state index contributed by atoms with van der Waals surface area (Å²) in [6.45, 7) is -0.372. The molecule has 7 heteroatoms. The quantitative estimate of drug-likeness (QED) is 0.466. The lowest BCUT2D eigenvalue weighted by atomic mass is 10.1. The molecule has 0 bridgehead atoms. The maximum atomic E-state index is 13.0. The van der Waals surface area contributed by atoms with Gasteiger partial charge in [-0.3, -0.25) is 14.9 Å². The lowest BCUT2D eigenvalue weighted by Gasteiger charge is -2.06.